The smallest absolute Gasteiger partial charge is 0.316 e. The van der Waals surface area contributed by atoms with Gasteiger partial charge in [-0.1, -0.05) is 0 Å². The van der Waals surface area contributed by atoms with Gasteiger partial charge in [0.1, 0.15) is 5.52 Å². The van der Waals surface area contributed by atoms with Gasteiger partial charge >= 0.3 is 5.22 Å². The summed E-state index contributed by atoms with van der Waals surface area (Å²) in [6.45, 7) is 0.576. The maximum Gasteiger partial charge on any atom is 0.316 e. The number of fused-ring (bicyclic) bond motifs is 1. The van der Waals surface area contributed by atoms with Crippen LogP contribution in [-0.2, 0) is 16.4 Å². The van der Waals surface area contributed by atoms with Crippen LogP contribution in [0.2, 0.25) is 0 Å². The lowest BCUT2D eigenvalue weighted by Gasteiger charge is -2.01. The Bertz CT molecular complexity index is 853. The number of imidazole rings is 1. The van der Waals surface area contributed by atoms with Gasteiger partial charge < -0.3 is 14.7 Å². The summed E-state index contributed by atoms with van der Waals surface area (Å²) in [7, 11) is -3.54. The van der Waals surface area contributed by atoms with E-state index in [9.17, 15) is 8.42 Å². The second-order valence-electron chi connectivity index (χ2n) is 4.68. The summed E-state index contributed by atoms with van der Waals surface area (Å²) >= 11 is 0. The van der Waals surface area contributed by atoms with E-state index in [-0.39, 0.29) is 11.0 Å². The van der Waals surface area contributed by atoms with Crippen LogP contribution < -0.4 is 5.73 Å². The van der Waals surface area contributed by atoms with Crippen molar-refractivity contribution < 1.29 is 12.8 Å². The predicted molar refractivity (Wildman–Crippen MR) is 77.3 cm³/mol. The maximum absolute atomic E-state index is 12.2. The van der Waals surface area contributed by atoms with Crippen molar-refractivity contribution in [1.82, 2.24) is 14.5 Å². The molecule has 0 aliphatic heterocycles. The fraction of sp³-hybridized carbons (Fsp3) is 0.231. The predicted octanol–water partition coefficient (Wildman–Crippen LogP) is 1.47. The van der Waals surface area contributed by atoms with Gasteiger partial charge in [-0.15, -0.1) is 0 Å². The van der Waals surface area contributed by atoms with Gasteiger partial charge in [0.05, 0.1) is 12.1 Å². The zero-order valence-electron chi connectivity index (χ0n) is 11.1. The molecule has 8 heteroatoms. The summed E-state index contributed by atoms with van der Waals surface area (Å²) < 4.78 is 31.5. The lowest BCUT2D eigenvalue weighted by Crippen LogP contribution is -2.09. The number of anilines is 1. The molecule has 0 aliphatic carbocycles. The number of aromatic nitrogens is 3. The molecule has 21 heavy (non-hydrogen) atoms. The molecule has 0 fully saturated rings. The summed E-state index contributed by atoms with van der Waals surface area (Å²) in [5, 5.41) is -0.256. The quantitative estimate of drug-likeness (QED) is 0.716. The number of sulfone groups is 1. The number of oxazole rings is 1. The number of rotatable bonds is 5. The average Bonchev–Trinajstić information content (AvgIpc) is 3.06. The Hall–Kier alpha value is -2.35. The topological polar surface area (TPSA) is 104 Å². The number of nitrogen functional groups attached to an aromatic ring is 1. The highest BCUT2D eigenvalue weighted by Crippen LogP contribution is 2.22. The number of benzene rings is 1. The van der Waals surface area contributed by atoms with E-state index in [0.29, 0.717) is 29.8 Å². The molecule has 0 radical (unpaired) electrons. The third-order valence-corrected chi connectivity index (χ3v) is 4.58. The first-order valence-corrected chi connectivity index (χ1v) is 8.04. The van der Waals surface area contributed by atoms with Gasteiger partial charge in [0.2, 0.25) is 9.84 Å². The van der Waals surface area contributed by atoms with Crippen LogP contribution in [0, 0.1) is 0 Å². The molecule has 3 rings (SSSR count). The Morgan fingerprint density at radius 3 is 2.95 bits per heavy atom. The number of nitrogens with two attached hydrogens (primary N) is 1. The molecule has 0 bridgehead atoms. The van der Waals surface area contributed by atoms with Crippen molar-refractivity contribution in [2.24, 2.45) is 0 Å². The van der Waals surface area contributed by atoms with Crippen LogP contribution in [0.5, 0.6) is 0 Å². The number of hydrogen-bond donors (Lipinski definition) is 1. The molecule has 2 aromatic heterocycles. The summed E-state index contributed by atoms with van der Waals surface area (Å²) in [4.78, 5) is 7.92. The summed E-state index contributed by atoms with van der Waals surface area (Å²) in [5.74, 6) is -0.0342. The molecule has 0 aliphatic rings. The lowest BCUT2D eigenvalue weighted by molar-refractivity contribution is 0.457. The van der Waals surface area contributed by atoms with E-state index < -0.39 is 9.84 Å². The molecule has 2 N–H and O–H groups in total. The van der Waals surface area contributed by atoms with Gasteiger partial charge in [-0.05, 0) is 18.6 Å². The molecule has 0 unspecified atom stereocenters. The minimum Gasteiger partial charge on any atom is -0.428 e. The van der Waals surface area contributed by atoms with Gasteiger partial charge in [0.15, 0.2) is 5.58 Å². The molecular formula is C13H14N4O3S. The van der Waals surface area contributed by atoms with E-state index in [0.717, 1.165) is 0 Å². The molecule has 7 nitrogen and oxygen atoms in total. The molecular weight excluding hydrogens is 292 g/mol. The van der Waals surface area contributed by atoms with Crippen LogP contribution in [-0.4, -0.2) is 28.7 Å². The van der Waals surface area contributed by atoms with Crippen LogP contribution >= 0.6 is 0 Å². The molecule has 0 saturated carbocycles. The fourth-order valence-corrected chi connectivity index (χ4v) is 3.13. The van der Waals surface area contributed by atoms with E-state index in [1.165, 1.54) is 0 Å². The van der Waals surface area contributed by atoms with Crippen LogP contribution in [0.15, 0.2) is 46.6 Å². The third-order valence-electron chi connectivity index (χ3n) is 3.05. The first-order chi connectivity index (χ1) is 10.0. The Labute approximate surface area is 121 Å². The molecule has 110 valence electrons. The molecule has 3 aromatic rings. The van der Waals surface area contributed by atoms with Crippen molar-refractivity contribution >= 4 is 26.6 Å². The van der Waals surface area contributed by atoms with Crippen LogP contribution in [0.25, 0.3) is 11.1 Å². The van der Waals surface area contributed by atoms with Gasteiger partial charge in [-0.2, -0.15) is 4.98 Å². The third kappa shape index (κ3) is 2.89. The molecule has 1 aromatic carbocycles. The van der Waals surface area contributed by atoms with Crippen molar-refractivity contribution in [2.75, 3.05) is 11.5 Å². The normalized spacial score (nSPS) is 12.0. The largest absolute Gasteiger partial charge is 0.428 e. The van der Waals surface area contributed by atoms with Crippen molar-refractivity contribution in [3.05, 3.63) is 36.9 Å². The Morgan fingerprint density at radius 1 is 1.33 bits per heavy atom. The van der Waals surface area contributed by atoms with Crippen molar-refractivity contribution in [2.45, 2.75) is 18.2 Å². The first kappa shape index (κ1) is 13.6. The maximum atomic E-state index is 12.2. The van der Waals surface area contributed by atoms with Crippen LogP contribution in [0.4, 0.5) is 5.69 Å². The lowest BCUT2D eigenvalue weighted by atomic mass is 10.3. The summed E-state index contributed by atoms with van der Waals surface area (Å²) in [6.07, 6.45) is 5.54. The highest BCUT2D eigenvalue weighted by molar-refractivity contribution is 7.91. The van der Waals surface area contributed by atoms with Gasteiger partial charge in [0.25, 0.3) is 0 Å². The van der Waals surface area contributed by atoms with E-state index >= 15 is 0 Å². The molecule has 0 amide bonds. The second-order valence-corrected chi connectivity index (χ2v) is 6.67. The molecule has 0 atom stereocenters. The minimum atomic E-state index is -3.54. The highest BCUT2D eigenvalue weighted by atomic mass is 32.2. The number of aryl methyl sites for hydroxylation is 1. The van der Waals surface area contributed by atoms with E-state index in [2.05, 4.69) is 9.97 Å². The van der Waals surface area contributed by atoms with Crippen molar-refractivity contribution in [1.29, 1.82) is 0 Å². The van der Waals surface area contributed by atoms with Crippen molar-refractivity contribution in [3.8, 4) is 0 Å². The Balaban J connectivity index is 1.76. The first-order valence-electron chi connectivity index (χ1n) is 6.39. The van der Waals surface area contributed by atoms with E-state index in [4.69, 9.17) is 10.2 Å². The standard InChI is InChI=1S/C13H14N4O3S/c14-10-2-3-11-12(8-10)20-13(16-11)21(18,19)7-1-5-17-6-4-15-9-17/h2-4,6,8-9H,1,5,7,14H2. The number of hydrogen-bond acceptors (Lipinski definition) is 6. The zero-order valence-corrected chi connectivity index (χ0v) is 12.0. The Kier molecular flexibility index (Phi) is 3.38. The average molecular weight is 306 g/mol. The highest BCUT2D eigenvalue weighted by Gasteiger charge is 2.21. The SMILES string of the molecule is Nc1ccc2nc(S(=O)(=O)CCCn3ccnc3)oc2c1. The van der Waals surface area contributed by atoms with Crippen LogP contribution in [0.3, 0.4) is 0 Å². The monoisotopic (exact) mass is 306 g/mol. The van der Waals surface area contributed by atoms with Gasteiger partial charge in [-0.25, -0.2) is 13.4 Å². The molecule has 0 spiro atoms. The summed E-state index contributed by atoms with van der Waals surface area (Å²) in [6, 6.07) is 4.85. The minimum absolute atomic E-state index is 0.0342. The second kappa shape index (κ2) is 5.21. The Morgan fingerprint density at radius 2 is 2.19 bits per heavy atom. The summed E-state index contributed by atoms with van der Waals surface area (Å²) in [5.41, 5.74) is 6.99. The van der Waals surface area contributed by atoms with Gasteiger partial charge in [0, 0.05) is 30.7 Å². The number of nitrogens with zero attached hydrogens (tertiary/aromatic N) is 3. The van der Waals surface area contributed by atoms with Crippen molar-refractivity contribution in [3.63, 3.8) is 0 Å². The van der Waals surface area contributed by atoms with E-state index in [1.54, 1.807) is 36.9 Å². The fourth-order valence-electron chi connectivity index (χ4n) is 2.00. The van der Waals surface area contributed by atoms with Gasteiger partial charge in [-0.3, -0.25) is 0 Å². The van der Waals surface area contributed by atoms with Crippen LogP contribution in [0.1, 0.15) is 6.42 Å². The zero-order chi connectivity index (χ0) is 14.9. The molecule has 0 saturated heterocycles. The van der Waals surface area contributed by atoms with E-state index in [1.807, 2.05) is 4.57 Å². The molecule has 2 heterocycles.